The molecule has 7 heteroatoms. The van der Waals surface area contributed by atoms with E-state index in [1.54, 1.807) is 18.2 Å². The van der Waals surface area contributed by atoms with Gasteiger partial charge in [0.1, 0.15) is 0 Å². The summed E-state index contributed by atoms with van der Waals surface area (Å²) in [5.41, 5.74) is 0.351. The molecule has 152 valence electrons. The molecule has 1 amide bonds. The van der Waals surface area contributed by atoms with Crippen molar-refractivity contribution in [1.29, 1.82) is 0 Å². The lowest BCUT2D eigenvalue weighted by Gasteiger charge is -2.31. The SMILES string of the molecule is CCOc1cc(C(=O)NC2CCCC(C(F)(F)F)C2)ccc1OCC(C)C. The Bertz CT molecular complexity index is 631. The van der Waals surface area contributed by atoms with E-state index in [2.05, 4.69) is 5.32 Å². The van der Waals surface area contributed by atoms with Gasteiger partial charge in [-0.1, -0.05) is 20.3 Å². The van der Waals surface area contributed by atoms with E-state index in [0.29, 0.717) is 49.0 Å². The second kappa shape index (κ2) is 9.33. The highest BCUT2D eigenvalue weighted by Gasteiger charge is 2.42. The molecule has 27 heavy (non-hydrogen) atoms. The summed E-state index contributed by atoms with van der Waals surface area (Å²) in [5.74, 6) is -0.378. The highest BCUT2D eigenvalue weighted by molar-refractivity contribution is 5.95. The van der Waals surface area contributed by atoms with E-state index < -0.39 is 18.1 Å². The number of amides is 1. The van der Waals surface area contributed by atoms with Crippen molar-refractivity contribution in [3.05, 3.63) is 23.8 Å². The number of halogens is 3. The van der Waals surface area contributed by atoms with Crippen LogP contribution in [0.5, 0.6) is 11.5 Å². The van der Waals surface area contributed by atoms with Crippen LogP contribution in [0.4, 0.5) is 13.2 Å². The summed E-state index contributed by atoms with van der Waals surface area (Å²) in [6, 6.07) is 4.39. The number of alkyl halides is 3. The van der Waals surface area contributed by atoms with Gasteiger partial charge in [-0.25, -0.2) is 0 Å². The number of benzene rings is 1. The van der Waals surface area contributed by atoms with E-state index in [0.717, 1.165) is 0 Å². The Hall–Kier alpha value is -1.92. The second-order valence-corrected chi connectivity index (χ2v) is 7.37. The zero-order valence-corrected chi connectivity index (χ0v) is 16.1. The van der Waals surface area contributed by atoms with Crippen molar-refractivity contribution in [3.63, 3.8) is 0 Å². The number of carbonyl (C=O) groups excluding carboxylic acids is 1. The van der Waals surface area contributed by atoms with Crippen LogP contribution < -0.4 is 14.8 Å². The first-order chi connectivity index (χ1) is 12.7. The third kappa shape index (κ3) is 6.33. The molecule has 1 N–H and O–H groups in total. The van der Waals surface area contributed by atoms with Crippen molar-refractivity contribution in [1.82, 2.24) is 5.32 Å². The van der Waals surface area contributed by atoms with Gasteiger partial charge in [-0.15, -0.1) is 0 Å². The molecule has 1 saturated carbocycles. The molecule has 2 atom stereocenters. The van der Waals surface area contributed by atoms with E-state index in [-0.39, 0.29) is 18.7 Å². The normalized spacial score (nSPS) is 20.4. The smallest absolute Gasteiger partial charge is 0.391 e. The summed E-state index contributed by atoms with van der Waals surface area (Å²) in [5, 5.41) is 2.74. The molecule has 0 heterocycles. The van der Waals surface area contributed by atoms with E-state index in [1.165, 1.54) is 0 Å². The Kier molecular flexibility index (Phi) is 7.39. The van der Waals surface area contributed by atoms with Gasteiger partial charge in [0.15, 0.2) is 11.5 Å². The fourth-order valence-electron chi connectivity index (χ4n) is 3.18. The molecule has 2 rings (SSSR count). The maximum absolute atomic E-state index is 12.9. The zero-order chi connectivity index (χ0) is 20.0. The summed E-state index contributed by atoms with van der Waals surface area (Å²) in [4.78, 5) is 12.5. The molecular weight excluding hydrogens is 359 g/mol. The van der Waals surface area contributed by atoms with Crippen LogP contribution in [0.2, 0.25) is 0 Å². The second-order valence-electron chi connectivity index (χ2n) is 7.37. The van der Waals surface area contributed by atoms with Crippen LogP contribution in [-0.4, -0.2) is 31.3 Å². The van der Waals surface area contributed by atoms with Gasteiger partial charge in [0.05, 0.1) is 19.1 Å². The van der Waals surface area contributed by atoms with Gasteiger partial charge in [-0.2, -0.15) is 13.2 Å². The van der Waals surface area contributed by atoms with Crippen LogP contribution in [0.25, 0.3) is 0 Å². The Morgan fingerprint density at radius 1 is 1.22 bits per heavy atom. The molecule has 0 aliphatic heterocycles. The minimum atomic E-state index is -4.21. The Morgan fingerprint density at radius 2 is 1.96 bits per heavy atom. The average molecular weight is 387 g/mol. The summed E-state index contributed by atoms with van der Waals surface area (Å²) in [7, 11) is 0. The first kappa shape index (κ1) is 21.4. The highest BCUT2D eigenvalue weighted by Crippen LogP contribution is 2.37. The number of hydrogen-bond acceptors (Lipinski definition) is 3. The molecule has 0 bridgehead atoms. The van der Waals surface area contributed by atoms with Crippen LogP contribution in [-0.2, 0) is 0 Å². The van der Waals surface area contributed by atoms with Gasteiger partial charge in [0, 0.05) is 11.6 Å². The Morgan fingerprint density at radius 3 is 2.59 bits per heavy atom. The summed E-state index contributed by atoms with van der Waals surface area (Å²) < 4.78 is 50.1. The van der Waals surface area contributed by atoms with Crippen molar-refractivity contribution in [2.45, 2.75) is 58.7 Å². The number of hydrogen-bond donors (Lipinski definition) is 1. The molecule has 1 aliphatic rings. The van der Waals surface area contributed by atoms with Crippen molar-refractivity contribution in [2.75, 3.05) is 13.2 Å². The lowest BCUT2D eigenvalue weighted by molar-refractivity contribution is -0.183. The standard InChI is InChI=1S/C20H28F3NO3/c1-4-26-18-10-14(8-9-17(18)27-12-13(2)3)19(25)24-16-7-5-6-15(11-16)20(21,22)23/h8-10,13,15-16H,4-7,11-12H2,1-3H3,(H,24,25). The maximum Gasteiger partial charge on any atom is 0.391 e. The molecule has 4 nitrogen and oxygen atoms in total. The van der Waals surface area contributed by atoms with Crippen LogP contribution >= 0.6 is 0 Å². The predicted octanol–water partition coefficient (Wildman–Crippen LogP) is 4.97. The number of rotatable bonds is 7. The molecular formula is C20H28F3NO3. The number of nitrogens with one attached hydrogen (secondary N) is 1. The minimum absolute atomic E-state index is 0.0663. The van der Waals surface area contributed by atoms with Crippen molar-refractivity contribution < 1.29 is 27.4 Å². The van der Waals surface area contributed by atoms with Gasteiger partial charge in [0.2, 0.25) is 0 Å². The molecule has 0 saturated heterocycles. The fraction of sp³-hybridized carbons (Fsp3) is 0.650. The monoisotopic (exact) mass is 387 g/mol. The molecule has 1 aromatic rings. The molecule has 2 unspecified atom stereocenters. The largest absolute Gasteiger partial charge is 0.490 e. The van der Waals surface area contributed by atoms with Crippen LogP contribution in [0.3, 0.4) is 0 Å². The maximum atomic E-state index is 12.9. The third-order valence-corrected chi connectivity index (χ3v) is 4.55. The number of carbonyl (C=O) groups is 1. The van der Waals surface area contributed by atoms with Gasteiger partial charge >= 0.3 is 6.18 Å². The quantitative estimate of drug-likeness (QED) is 0.718. The van der Waals surface area contributed by atoms with Crippen molar-refractivity contribution in [3.8, 4) is 11.5 Å². The van der Waals surface area contributed by atoms with Crippen LogP contribution in [0, 0.1) is 11.8 Å². The molecule has 1 aromatic carbocycles. The van der Waals surface area contributed by atoms with E-state index in [4.69, 9.17) is 9.47 Å². The lowest BCUT2D eigenvalue weighted by atomic mass is 9.85. The van der Waals surface area contributed by atoms with Crippen molar-refractivity contribution in [2.24, 2.45) is 11.8 Å². The molecule has 1 fully saturated rings. The van der Waals surface area contributed by atoms with Gasteiger partial charge in [-0.3, -0.25) is 4.79 Å². The molecule has 1 aliphatic carbocycles. The van der Waals surface area contributed by atoms with Crippen molar-refractivity contribution >= 4 is 5.91 Å². The summed E-state index contributed by atoms with van der Waals surface area (Å²) >= 11 is 0. The Balaban J connectivity index is 2.05. The first-order valence-corrected chi connectivity index (χ1v) is 9.48. The van der Waals surface area contributed by atoms with Gasteiger partial charge in [-0.05, 0) is 50.3 Å². The molecule has 0 aromatic heterocycles. The molecule has 0 radical (unpaired) electrons. The van der Waals surface area contributed by atoms with Crippen LogP contribution in [0.1, 0.15) is 56.8 Å². The van der Waals surface area contributed by atoms with E-state index in [9.17, 15) is 18.0 Å². The zero-order valence-electron chi connectivity index (χ0n) is 16.1. The Labute approximate surface area is 158 Å². The topological polar surface area (TPSA) is 47.6 Å². The number of ether oxygens (including phenoxy) is 2. The predicted molar refractivity (Wildman–Crippen MR) is 97.2 cm³/mol. The molecule has 0 spiro atoms. The highest BCUT2D eigenvalue weighted by atomic mass is 19.4. The average Bonchev–Trinajstić information content (AvgIpc) is 2.60. The minimum Gasteiger partial charge on any atom is -0.490 e. The summed E-state index contributed by atoms with van der Waals surface area (Å²) in [6.45, 7) is 6.82. The van der Waals surface area contributed by atoms with Gasteiger partial charge in [0.25, 0.3) is 5.91 Å². The third-order valence-electron chi connectivity index (χ3n) is 4.55. The summed E-state index contributed by atoms with van der Waals surface area (Å²) in [6.07, 6.45) is -3.12. The first-order valence-electron chi connectivity index (χ1n) is 9.48. The fourth-order valence-corrected chi connectivity index (χ4v) is 3.18. The van der Waals surface area contributed by atoms with E-state index >= 15 is 0 Å². The van der Waals surface area contributed by atoms with Gasteiger partial charge < -0.3 is 14.8 Å². The van der Waals surface area contributed by atoms with E-state index in [1.807, 2.05) is 20.8 Å². The lowest BCUT2D eigenvalue weighted by Crippen LogP contribution is -2.41. The van der Waals surface area contributed by atoms with Crippen LogP contribution in [0.15, 0.2) is 18.2 Å².